The van der Waals surface area contributed by atoms with Gasteiger partial charge in [-0.3, -0.25) is 4.79 Å². The second-order valence-electron chi connectivity index (χ2n) is 4.09. The summed E-state index contributed by atoms with van der Waals surface area (Å²) in [5, 5.41) is 0. The maximum absolute atomic E-state index is 11.2. The van der Waals surface area contributed by atoms with Crippen LogP contribution in [-0.4, -0.2) is 19.9 Å². The molecule has 0 saturated heterocycles. The number of carbonyl (C=O) groups is 1. The van der Waals surface area contributed by atoms with Crippen LogP contribution >= 0.6 is 0 Å². The third-order valence-electron chi connectivity index (χ3n) is 2.47. The molecule has 0 aliphatic heterocycles. The van der Waals surface area contributed by atoms with Crippen molar-refractivity contribution >= 4 is 11.5 Å². The molecule has 0 radical (unpaired) electrons. The standard InChI is InChI=1S/C13H19NO/c1-5-11-6-7-13(14(3)4)12(9-11)8-10(2)15/h6-7,9H,5,8H2,1-4H3. The third kappa shape index (κ3) is 3.08. The number of nitrogens with zero attached hydrogens (tertiary/aromatic N) is 1. The summed E-state index contributed by atoms with van der Waals surface area (Å²) >= 11 is 0. The summed E-state index contributed by atoms with van der Waals surface area (Å²) < 4.78 is 0. The molecule has 0 fully saturated rings. The highest BCUT2D eigenvalue weighted by Crippen LogP contribution is 2.21. The van der Waals surface area contributed by atoms with Gasteiger partial charge in [0, 0.05) is 26.2 Å². The van der Waals surface area contributed by atoms with Gasteiger partial charge in [0.15, 0.2) is 0 Å². The Morgan fingerprint density at radius 2 is 2.00 bits per heavy atom. The molecule has 0 heterocycles. The van der Waals surface area contributed by atoms with Crippen LogP contribution in [0, 0.1) is 0 Å². The van der Waals surface area contributed by atoms with Crippen LogP contribution in [0.15, 0.2) is 18.2 Å². The van der Waals surface area contributed by atoms with Gasteiger partial charge in [0.05, 0.1) is 0 Å². The molecule has 0 spiro atoms. The Morgan fingerprint density at radius 1 is 1.33 bits per heavy atom. The number of anilines is 1. The second-order valence-corrected chi connectivity index (χ2v) is 4.09. The lowest BCUT2D eigenvalue weighted by Crippen LogP contribution is -2.13. The normalized spacial score (nSPS) is 10.1. The minimum Gasteiger partial charge on any atom is -0.377 e. The van der Waals surface area contributed by atoms with Crippen molar-refractivity contribution in [3.05, 3.63) is 29.3 Å². The van der Waals surface area contributed by atoms with E-state index in [9.17, 15) is 4.79 Å². The Bertz CT molecular complexity index is 356. The van der Waals surface area contributed by atoms with E-state index in [1.54, 1.807) is 6.92 Å². The van der Waals surface area contributed by atoms with Gasteiger partial charge in [0.1, 0.15) is 5.78 Å². The van der Waals surface area contributed by atoms with Gasteiger partial charge in [-0.2, -0.15) is 0 Å². The minimum absolute atomic E-state index is 0.214. The molecule has 2 nitrogen and oxygen atoms in total. The Labute approximate surface area is 91.9 Å². The summed E-state index contributed by atoms with van der Waals surface area (Å²) in [6.45, 7) is 3.76. The van der Waals surface area contributed by atoms with Crippen molar-refractivity contribution in [2.75, 3.05) is 19.0 Å². The van der Waals surface area contributed by atoms with Crippen molar-refractivity contribution in [3.8, 4) is 0 Å². The van der Waals surface area contributed by atoms with Gasteiger partial charge in [-0.25, -0.2) is 0 Å². The maximum atomic E-state index is 11.2. The number of hydrogen-bond donors (Lipinski definition) is 0. The molecular formula is C13H19NO. The van der Waals surface area contributed by atoms with Crippen LogP contribution in [0.25, 0.3) is 0 Å². The molecule has 0 amide bonds. The first kappa shape index (κ1) is 11.8. The quantitative estimate of drug-likeness (QED) is 0.752. The second kappa shape index (κ2) is 4.96. The fourth-order valence-electron chi connectivity index (χ4n) is 1.70. The van der Waals surface area contributed by atoms with E-state index in [1.807, 2.05) is 14.1 Å². The van der Waals surface area contributed by atoms with Gasteiger partial charge in [-0.15, -0.1) is 0 Å². The Hall–Kier alpha value is -1.31. The van der Waals surface area contributed by atoms with Crippen LogP contribution in [-0.2, 0) is 17.6 Å². The van der Waals surface area contributed by atoms with Crippen LogP contribution in [0.1, 0.15) is 25.0 Å². The van der Waals surface area contributed by atoms with E-state index in [4.69, 9.17) is 0 Å². The number of rotatable bonds is 4. The Morgan fingerprint density at radius 3 is 2.47 bits per heavy atom. The minimum atomic E-state index is 0.214. The van der Waals surface area contributed by atoms with Gasteiger partial charge in [0.25, 0.3) is 0 Å². The highest BCUT2D eigenvalue weighted by Gasteiger charge is 2.07. The summed E-state index contributed by atoms with van der Waals surface area (Å²) in [7, 11) is 4.01. The lowest BCUT2D eigenvalue weighted by Gasteiger charge is -2.17. The maximum Gasteiger partial charge on any atom is 0.134 e. The Balaban J connectivity index is 3.10. The fraction of sp³-hybridized carbons (Fsp3) is 0.462. The van der Waals surface area contributed by atoms with Crippen LogP contribution in [0.2, 0.25) is 0 Å². The lowest BCUT2D eigenvalue weighted by molar-refractivity contribution is -0.116. The van der Waals surface area contributed by atoms with Crippen molar-refractivity contribution in [1.29, 1.82) is 0 Å². The molecule has 15 heavy (non-hydrogen) atoms. The van der Waals surface area contributed by atoms with E-state index in [0.717, 1.165) is 17.7 Å². The molecule has 0 saturated carbocycles. The summed E-state index contributed by atoms with van der Waals surface area (Å²) in [6.07, 6.45) is 1.54. The zero-order chi connectivity index (χ0) is 11.4. The Kier molecular flexibility index (Phi) is 3.89. The van der Waals surface area contributed by atoms with Crippen molar-refractivity contribution in [2.24, 2.45) is 0 Å². The van der Waals surface area contributed by atoms with Gasteiger partial charge >= 0.3 is 0 Å². The van der Waals surface area contributed by atoms with Gasteiger partial charge in [-0.05, 0) is 30.5 Å². The first-order valence-corrected chi connectivity index (χ1v) is 5.33. The predicted octanol–water partition coefficient (Wildman–Crippen LogP) is 2.45. The summed E-state index contributed by atoms with van der Waals surface area (Å²) in [5.74, 6) is 0.214. The highest BCUT2D eigenvalue weighted by molar-refractivity contribution is 5.80. The largest absolute Gasteiger partial charge is 0.377 e. The van der Waals surface area contributed by atoms with Crippen LogP contribution in [0.5, 0.6) is 0 Å². The lowest BCUT2D eigenvalue weighted by atomic mass is 10.0. The van der Waals surface area contributed by atoms with E-state index in [2.05, 4.69) is 30.0 Å². The number of Topliss-reactive ketones (excluding diaryl/α,β-unsaturated/α-hetero) is 1. The molecule has 2 heteroatoms. The van der Waals surface area contributed by atoms with Crippen molar-refractivity contribution in [1.82, 2.24) is 0 Å². The number of hydrogen-bond acceptors (Lipinski definition) is 2. The van der Waals surface area contributed by atoms with E-state index in [0.29, 0.717) is 6.42 Å². The molecule has 0 aromatic heterocycles. The van der Waals surface area contributed by atoms with Crippen molar-refractivity contribution in [2.45, 2.75) is 26.7 Å². The number of ketones is 1. The van der Waals surface area contributed by atoms with Crippen LogP contribution in [0.4, 0.5) is 5.69 Å². The topological polar surface area (TPSA) is 20.3 Å². The summed E-state index contributed by atoms with van der Waals surface area (Å²) in [5.41, 5.74) is 3.56. The zero-order valence-electron chi connectivity index (χ0n) is 10.0. The van der Waals surface area contributed by atoms with E-state index in [1.165, 1.54) is 5.56 Å². The van der Waals surface area contributed by atoms with Crippen molar-refractivity contribution < 1.29 is 4.79 Å². The van der Waals surface area contributed by atoms with E-state index >= 15 is 0 Å². The van der Waals surface area contributed by atoms with E-state index < -0.39 is 0 Å². The smallest absolute Gasteiger partial charge is 0.134 e. The predicted molar refractivity (Wildman–Crippen MR) is 64.5 cm³/mol. The molecule has 1 aromatic carbocycles. The average molecular weight is 205 g/mol. The van der Waals surface area contributed by atoms with Crippen molar-refractivity contribution in [3.63, 3.8) is 0 Å². The zero-order valence-corrected chi connectivity index (χ0v) is 10.0. The van der Waals surface area contributed by atoms with Gasteiger partial charge in [0.2, 0.25) is 0 Å². The molecule has 0 bridgehead atoms. The van der Waals surface area contributed by atoms with Crippen LogP contribution < -0.4 is 4.90 Å². The van der Waals surface area contributed by atoms with Crippen LogP contribution in [0.3, 0.4) is 0 Å². The summed E-state index contributed by atoms with van der Waals surface area (Å²) in [6, 6.07) is 6.35. The average Bonchev–Trinajstić information content (AvgIpc) is 2.16. The third-order valence-corrected chi connectivity index (χ3v) is 2.47. The fourth-order valence-corrected chi connectivity index (χ4v) is 1.70. The number of aryl methyl sites for hydroxylation is 1. The molecule has 0 aliphatic rings. The van der Waals surface area contributed by atoms with Gasteiger partial charge in [-0.1, -0.05) is 19.1 Å². The number of carbonyl (C=O) groups excluding carboxylic acids is 1. The highest BCUT2D eigenvalue weighted by atomic mass is 16.1. The van der Waals surface area contributed by atoms with E-state index in [-0.39, 0.29) is 5.78 Å². The molecule has 1 aromatic rings. The SMILES string of the molecule is CCc1ccc(N(C)C)c(CC(C)=O)c1. The molecule has 0 aliphatic carbocycles. The monoisotopic (exact) mass is 205 g/mol. The molecule has 0 unspecified atom stereocenters. The molecular weight excluding hydrogens is 186 g/mol. The molecule has 0 N–H and O–H groups in total. The summed E-state index contributed by atoms with van der Waals surface area (Å²) in [4.78, 5) is 13.2. The van der Waals surface area contributed by atoms with Gasteiger partial charge < -0.3 is 4.90 Å². The molecule has 0 atom stereocenters. The first-order valence-electron chi connectivity index (χ1n) is 5.33. The molecule has 82 valence electrons. The first-order chi connectivity index (χ1) is 7.04. The molecule has 1 rings (SSSR count). The number of benzene rings is 1.